The number of aromatic nitrogens is 1. The standard InChI is InChI=1S/C13H17N3OS/c1-18-13(6-3-7-13)8-15-12-16-11-9(14)4-2-5-10(11)17-12/h2,4-5H,3,6-8,14H2,1H3,(H,15,16). The lowest BCUT2D eigenvalue weighted by molar-refractivity contribution is 0.377. The molecule has 18 heavy (non-hydrogen) atoms. The highest BCUT2D eigenvalue weighted by molar-refractivity contribution is 8.00. The van der Waals surface area contributed by atoms with Crippen LogP contribution in [0.15, 0.2) is 22.6 Å². The molecule has 4 nitrogen and oxygen atoms in total. The van der Waals surface area contributed by atoms with Crippen molar-refractivity contribution in [2.75, 3.05) is 23.9 Å². The van der Waals surface area contributed by atoms with Crippen LogP contribution in [0.5, 0.6) is 0 Å². The Morgan fingerprint density at radius 1 is 1.50 bits per heavy atom. The largest absolute Gasteiger partial charge is 0.423 e. The van der Waals surface area contributed by atoms with Crippen molar-refractivity contribution in [2.45, 2.75) is 24.0 Å². The van der Waals surface area contributed by atoms with Gasteiger partial charge in [0.25, 0.3) is 6.01 Å². The van der Waals surface area contributed by atoms with E-state index >= 15 is 0 Å². The third-order valence-electron chi connectivity index (χ3n) is 3.71. The quantitative estimate of drug-likeness (QED) is 0.830. The molecule has 1 saturated carbocycles. The molecule has 0 amide bonds. The Bertz CT molecular complexity index is 557. The number of nitrogens with one attached hydrogen (secondary N) is 1. The Labute approximate surface area is 110 Å². The lowest BCUT2D eigenvalue weighted by Gasteiger charge is -2.40. The Hall–Kier alpha value is -1.36. The fourth-order valence-electron chi connectivity index (χ4n) is 2.31. The molecule has 96 valence electrons. The molecule has 1 aliphatic rings. The molecule has 1 aromatic heterocycles. The predicted molar refractivity (Wildman–Crippen MR) is 77.0 cm³/mol. The number of nitrogen functional groups attached to an aromatic ring is 1. The smallest absolute Gasteiger partial charge is 0.295 e. The van der Waals surface area contributed by atoms with Crippen LogP contribution in [0.25, 0.3) is 11.1 Å². The number of hydrogen-bond donors (Lipinski definition) is 2. The van der Waals surface area contributed by atoms with Crippen molar-refractivity contribution in [3.63, 3.8) is 0 Å². The third kappa shape index (κ3) is 1.92. The minimum absolute atomic E-state index is 0.367. The molecule has 0 aliphatic heterocycles. The lowest BCUT2D eigenvalue weighted by Crippen LogP contribution is -2.40. The summed E-state index contributed by atoms with van der Waals surface area (Å²) in [6.45, 7) is 0.904. The van der Waals surface area contributed by atoms with Crippen molar-refractivity contribution in [2.24, 2.45) is 0 Å². The zero-order valence-corrected chi connectivity index (χ0v) is 11.2. The minimum atomic E-state index is 0.367. The first kappa shape index (κ1) is 11.7. The maximum absolute atomic E-state index is 5.86. The van der Waals surface area contributed by atoms with Gasteiger partial charge < -0.3 is 15.5 Å². The maximum atomic E-state index is 5.86. The molecule has 0 saturated heterocycles. The van der Waals surface area contributed by atoms with Gasteiger partial charge in [-0.1, -0.05) is 12.5 Å². The summed E-state index contributed by atoms with van der Waals surface area (Å²) < 4.78 is 6.01. The molecule has 1 heterocycles. The summed E-state index contributed by atoms with van der Waals surface area (Å²) in [5, 5.41) is 3.30. The zero-order valence-electron chi connectivity index (χ0n) is 10.4. The second kappa shape index (κ2) is 4.39. The third-order valence-corrected chi connectivity index (χ3v) is 5.13. The van der Waals surface area contributed by atoms with E-state index in [-0.39, 0.29) is 0 Å². The lowest BCUT2D eigenvalue weighted by atomic mass is 9.84. The fourth-order valence-corrected chi connectivity index (χ4v) is 3.22. The molecule has 2 aromatic rings. The molecular formula is C13H17N3OS. The van der Waals surface area contributed by atoms with Crippen molar-refractivity contribution < 1.29 is 4.42 Å². The maximum Gasteiger partial charge on any atom is 0.295 e. The van der Waals surface area contributed by atoms with Crippen LogP contribution >= 0.6 is 11.8 Å². The average molecular weight is 263 g/mol. The number of thioether (sulfide) groups is 1. The van der Waals surface area contributed by atoms with Gasteiger partial charge in [0.1, 0.15) is 5.52 Å². The van der Waals surface area contributed by atoms with E-state index in [1.54, 1.807) is 0 Å². The van der Waals surface area contributed by atoms with Gasteiger partial charge in [-0.3, -0.25) is 0 Å². The van der Waals surface area contributed by atoms with E-state index in [2.05, 4.69) is 16.6 Å². The first-order chi connectivity index (χ1) is 8.72. The number of fused-ring (bicyclic) bond motifs is 1. The van der Waals surface area contributed by atoms with Crippen LogP contribution < -0.4 is 11.1 Å². The molecular weight excluding hydrogens is 246 g/mol. The molecule has 1 aromatic carbocycles. The second-order valence-corrected chi connectivity index (χ2v) is 6.08. The monoisotopic (exact) mass is 263 g/mol. The van der Waals surface area contributed by atoms with Gasteiger partial charge in [0, 0.05) is 11.3 Å². The van der Waals surface area contributed by atoms with Gasteiger partial charge in [-0.05, 0) is 31.2 Å². The number of benzene rings is 1. The highest BCUT2D eigenvalue weighted by Gasteiger charge is 2.36. The molecule has 0 bridgehead atoms. The van der Waals surface area contributed by atoms with Gasteiger partial charge >= 0.3 is 0 Å². The minimum Gasteiger partial charge on any atom is -0.423 e. The van der Waals surface area contributed by atoms with Crippen molar-refractivity contribution >= 4 is 34.6 Å². The van der Waals surface area contributed by atoms with Crippen LogP contribution in [0.3, 0.4) is 0 Å². The predicted octanol–water partition coefficient (Wildman–Crippen LogP) is 3.11. The number of nitrogens with two attached hydrogens (primary N) is 1. The van der Waals surface area contributed by atoms with Gasteiger partial charge in [-0.25, -0.2) is 0 Å². The summed E-state index contributed by atoms with van der Waals surface area (Å²) in [4.78, 5) is 4.40. The van der Waals surface area contributed by atoms with Gasteiger partial charge in [-0.2, -0.15) is 16.7 Å². The summed E-state index contributed by atoms with van der Waals surface area (Å²) in [5.74, 6) is 0. The number of hydrogen-bond acceptors (Lipinski definition) is 5. The highest BCUT2D eigenvalue weighted by Crippen LogP contribution is 2.42. The normalized spacial score (nSPS) is 17.6. The Morgan fingerprint density at radius 3 is 2.94 bits per heavy atom. The molecule has 0 spiro atoms. The van der Waals surface area contributed by atoms with Crippen molar-refractivity contribution in [1.29, 1.82) is 0 Å². The fraction of sp³-hybridized carbons (Fsp3) is 0.462. The highest BCUT2D eigenvalue weighted by atomic mass is 32.2. The zero-order chi connectivity index (χ0) is 12.6. The molecule has 5 heteroatoms. The molecule has 0 unspecified atom stereocenters. The van der Waals surface area contributed by atoms with Crippen LogP contribution in [0.4, 0.5) is 11.7 Å². The van der Waals surface area contributed by atoms with E-state index in [1.807, 2.05) is 30.0 Å². The number of para-hydroxylation sites is 1. The van der Waals surface area contributed by atoms with E-state index in [4.69, 9.17) is 10.2 Å². The van der Waals surface area contributed by atoms with Gasteiger partial charge in [-0.15, -0.1) is 0 Å². The molecule has 1 fully saturated rings. The number of oxazole rings is 1. The van der Waals surface area contributed by atoms with E-state index in [9.17, 15) is 0 Å². The average Bonchev–Trinajstić information content (AvgIpc) is 2.73. The molecule has 3 N–H and O–H groups in total. The van der Waals surface area contributed by atoms with Crippen molar-refractivity contribution in [3.8, 4) is 0 Å². The molecule has 1 aliphatic carbocycles. The summed E-state index contributed by atoms with van der Waals surface area (Å²) in [5.41, 5.74) is 8.00. The van der Waals surface area contributed by atoms with E-state index in [1.165, 1.54) is 19.3 Å². The van der Waals surface area contributed by atoms with E-state index in [0.717, 1.165) is 17.6 Å². The van der Waals surface area contributed by atoms with Crippen LogP contribution in [0.2, 0.25) is 0 Å². The summed E-state index contributed by atoms with van der Waals surface area (Å²) in [6, 6.07) is 6.17. The molecule has 3 rings (SSSR count). The number of rotatable bonds is 4. The van der Waals surface area contributed by atoms with Crippen LogP contribution in [-0.4, -0.2) is 22.5 Å². The van der Waals surface area contributed by atoms with Gasteiger partial charge in [0.2, 0.25) is 0 Å². The second-order valence-electron chi connectivity index (χ2n) is 4.81. The van der Waals surface area contributed by atoms with E-state index in [0.29, 0.717) is 16.4 Å². The van der Waals surface area contributed by atoms with Crippen LogP contribution in [0.1, 0.15) is 19.3 Å². The summed E-state index contributed by atoms with van der Waals surface area (Å²) in [6.07, 6.45) is 6.03. The SMILES string of the molecule is CSC1(CNc2nc3c(N)cccc3o2)CCC1. The van der Waals surface area contributed by atoms with Gasteiger partial charge in [0.05, 0.1) is 5.69 Å². The summed E-state index contributed by atoms with van der Waals surface area (Å²) >= 11 is 1.93. The topological polar surface area (TPSA) is 64.1 Å². The molecule has 0 atom stereocenters. The Kier molecular flexibility index (Phi) is 2.86. The van der Waals surface area contributed by atoms with Crippen molar-refractivity contribution in [3.05, 3.63) is 18.2 Å². The van der Waals surface area contributed by atoms with Crippen LogP contribution in [-0.2, 0) is 0 Å². The first-order valence-electron chi connectivity index (χ1n) is 6.16. The van der Waals surface area contributed by atoms with Gasteiger partial charge in [0.15, 0.2) is 5.58 Å². The Balaban J connectivity index is 1.77. The number of nitrogens with zero attached hydrogens (tertiary/aromatic N) is 1. The Morgan fingerprint density at radius 2 is 2.33 bits per heavy atom. The first-order valence-corrected chi connectivity index (χ1v) is 7.39. The van der Waals surface area contributed by atoms with Crippen LogP contribution in [0, 0.1) is 0 Å². The summed E-state index contributed by atoms with van der Waals surface area (Å²) in [7, 11) is 0. The van der Waals surface area contributed by atoms with Crippen molar-refractivity contribution in [1.82, 2.24) is 4.98 Å². The molecule has 0 radical (unpaired) electrons. The van der Waals surface area contributed by atoms with E-state index < -0.39 is 0 Å². The number of anilines is 2.